The predicted octanol–water partition coefficient (Wildman–Crippen LogP) is 4.13. The van der Waals surface area contributed by atoms with Crippen LogP contribution < -0.4 is 10.2 Å². The third-order valence-electron chi connectivity index (χ3n) is 5.95. The summed E-state index contributed by atoms with van der Waals surface area (Å²) in [6.07, 6.45) is 5.71. The second kappa shape index (κ2) is 9.96. The Morgan fingerprint density at radius 3 is 2.48 bits per heavy atom. The van der Waals surface area contributed by atoms with Gasteiger partial charge in [0.2, 0.25) is 0 Å². The van der Waals surface area contributed by atoms with Crippen LogP contribution in [-0.2, 0) is 10.4 Å². The molecule has 2 aromatic carbocycles. The van der Waals surface area contributed by atoms with Crippen molar-refractivity contribution in [2.75, 3.05) is 44.2 Å². The topological polar surface area (TPSA) is 40.1 Å². The van der Waals surface area contributed by atoms with Gasteiger partial charge < -0.3 is 15.0 Å². The maximum Gasteiger partial charge on any atom is 0.190 e. The molecule has 5 nitrogen and oxygen atoms in total. The molecule has 0 bridgehead atoms. The average Bonchev–Trinajstić information content (AvgIpc) is 2.80. The Balaban J connectivity index is 1.14. The van der Waals surface area contributed by atoms with Gasteiger partial charge in [-0.15, -0.1) is 0 Å². The first kappa shape index (κ1) is 21.4. The Labute approximate surface area is 184 Å². The molecule has 2 aliphatic heterocycles. The first-order valence-electron chi connectivity index (χ1n) is 11.1. The minimum atomic E-state index is -0.643. The molecule has 2 aliphatic rings. The van der Waals surface area contributed by atoms with E-state index >= 15 is 0 Å². The van der Waals surface area contributed by atoms with E-state index in [0.717, 1.165) is 51.1 Å². The zero-order chi connectivity index (χ0) is 21.5. The van der Waals surface area contributed by atoms with Crippen LogP contribution in [0.5, 0.6) is 0 Å². The van der Waals surface area contributed by atoms with E-state index in [-0.39, 0.29) is 5.82 Å². The van der Waals surface area contributed by atoms with Crippen molar-refractivity contribution in [3.63, 3.8) is 0 Å². The van der Waals surface area contributed by atoms with Crippen molar-refractivity contribution in [3.8, 4) is 0 Å². The zero-order valence-corrected chi connectivity index (χ0v) is 18.1. The number of benzene rings is 2. The number of allylic oxidation sites excluding steroid dienone is 1. The second-order valence-corrected chi connectivity index (χ2v) is 8.23. The summed E-state index contributed by atoms with van der Waals surface area (Å²) in [5, 5.41) is 3.33. The maximum atomic E-state index is 13.2. The average molecular weight is 423 g/mol. The van der Waals surface area contributed by atoms with Gasteiger partial charge in [-0.05, 0) is 56.1 Å². The molecule has 1 unspecified atom stereocenters. The summed E-state index contributed by atoms with van der Waals surface area (Å²) in [5.41, 5.74) is 1.57. The molecule has 1 saturated heterocycles. The van der Waals surface area contributed by atoms with Gasteiger partial charge in [0.05, 0.1) is 6.61 Å². The molecule has 0 amide bonds. The molecule has 31 heavy (non-hydrogen) atoms. The first-order chi connectivity index (χ1) is 15.1. The molecule has 0 saturated carbocycles. The fraction of sp³-hybridized carbons (Fsp3) is 0.400. The fourth-order valence-electron chi connectivity index (χ4n) is 4.06. The molecule has 2 heterocycles. The van der Waals surface area contributed by atoms with E-state index in [1.807, 2.05) is 13.0 Å². The SMILES string of the molecule is CC1(c2ccc(F)cc2)N=CC=C(OCCCCN2CCN(c3ccccc3)CC2)N1. The molecule has 1 N–H and O–H groups in total. The second-order valence-electron chi connectivity index (χ2n) is 8.23. The Morgan fingerprint density at radius 1 is 1.00 bits per heavy atom. The van der Waals surface area contributed by atoms with Gasteiger partial charge in [0, 0.05) is 44.2 Å². The van der Waals surface area contributed by atoms with Crippen LogP contribution in [0.25, 0.3) is 0 Å². The van der Waals surface area contributed by atoms with Gasteiger partial charge in [0.25, 0.3) is 0 Å². The quantitative estimate of drug-likeness (QED) is 0.650. The minimum Gasteiger partial charge on any atom is -0.479 e. The van der Waals surface area contributed by atoms with Crippen molar-refractivity contribution in [2.24, 2.45) is 4.99 Å². The molecule has 0 aromatic heterocycles. The van der Waals surface area contributed by atoms with Gasteiger partial charge in [-0.3, -0.25) is 9.89 Å². The molecule has 0 radical (unpaired) electrons. The number of anilines is 1. The summed E-state index contributed by atoms with van der Waals surface area (Å²) in [7, 11) is 0. The van der Waals surface area contributed by atoms with E-state index in [9.17, 15) is 4.39 Å². The van der Waals surface area contributed by atoms with Gasteiger partial charge in [-0.2, -0.15) is 0 Å². The molecule has 2 aromatic rings. The van der Waals surface area contributed by atoms with Crippen LogP contribution in [0.15, 0.2) is 71.5 Å². The number of ether oxygens (including phenoxy) is 1. The lowest BCUT2D eigenvalue weighted by molar-refractivity contribution is 0.156. The Bertz CT molecular complexity index is 891. The van der Waals surface area contributed by atoms with E-state index in [1.165, 1.54) is 17.8 Å². The highest BCUT2D eigenvalue weighted by molar-refractivity contribution is 5.73. The molecular formula is C25H31FN4O. The molecule has 0 spiro atoms. The zero-order valence-electron chi connectivity index (χ0n) is 18.1. The van der Waals surface area contributed by atoms with Crippen LogP contribution in [-0.4, -0.2) is 50.4 Å². The van der Waals surface area contributed by atoms with Crippen molar-refractivity contribution >= 4 is 11.9 Å². The summed E-state index contributed by atoms with van der Waals surface area (Å²) < 4.78 is 19.2. The van der Waals surface area contributed by atoms with Crippen LogP contribution in [0.1, 0.15) is 25.3 Å². The fourth-order valence-corrected chi connectivity index (χ4v) is 4.06. The van der Waals surface area contributed by atoms with Gasteiger partial charge >= 0.3 is 0 Å². The van der Waals surface area contributed by atoms with Crippen molar-refractivity contribution in [3.05, 3.63) is 77.9 Å². The van der Waals surface area contributed by atoms with Crippen LogP contribution in [0.4, 0.5) is 10.1 Å². The Kier molecular flexibility index (Phi) is 6.87. The lowest BCUT2D eigenvalue weighted by Gasteiger charge is -2.36. The van der Waals surface area contributed by atoms with E-state index in [2.05, 4.69) is 50.4 Å². The molecule has 164 valence electrons. The number of nitrogens with zero attached hydrogens (tertiary/aromatic N) is 3. The largest absolute Gasteiger partial charge is 0.479 e. The predicted molar refractivity (Wildman–Crippen MR) is 124 cm³/mol. The highest BCUT2D eigenvalue weighted by Gasteiger charge is 2.28. The smallest absolute Gasteiger partial charge is 0.190 e. The number of aliphatic imine (C=N–C) groups is 1. The third kappa shape index (κ3) is 5.64. The van der Waals surface area contributed by atoms with E-state index < -0.39 is 5.66 Å². The van der Waals surface area contributed by atoms with Crippen LogP contribution >= 0.6 is 0 Å². The van der Waals surface area contributed by atoms with E-state index in [1.54, 1.807) is 18.3 Å². The summed E-state index contributed by atoms with van der Waals surface area (Å²) >= 11 is 0. The summed E-state index contributed by atoms with van der Waals surface area (Å²) in [6.45, 7) is 8.10. The number of unbranched alkanes of at least 4 members (excludes halogenated alkanes) is 1. The van der Waals surface area contributed by atoms with Crippen molar-refractivity contribution in [1.29, 1.82) is 0 Å². The van der Waals surface area contributed by atoms with Crippen molar-refractivity contribution in [2.45, 2.75) is 25.4 Å². The molecule has 1 fully saturated rings. The minimum absolute atomic E-state index is 0.249. The number of nitrogens with one attached hydrogen (secondary N) is 1. The van der Waals surface area contributed by atoms with Crippen molar-refractivity contribution < 1.29 is 9.13 Å². The van der Waals surface area contributed by atoms with Crippen molar-refractivity contribution in [1.82, 2.24) is 10.2 Å². The summed E-state index contributed by atoms with van der Waals surface area (Å²) in [4.78, 5) is 9.52. The third-order valence-corrected chi connectivity index (χ3v) is 5.95. The van der Waals surface area contributed by atoms with Gasteiger partial charge in [-0.25, -0.2) is 4.39 Å². The number of para-hydroxylation sites is 1. The first-order valence-corrected chi connectivity index (χ1v) is 11.1. The number of hydrogen-bond donors (Lipinski definition) is 1. The maximum absolute atomic E-state index is 13.2. The van der Waals surface area contributed by atoms with Crippen LogP contribution in [0.3, 0.4) is 0 Å². The van der Waals surface area contributed by atoms with E-state index in [0.29, 0.717) is 12.5 Å². The molecule has 0 aliphatic carbocycles. The van der Waals surface area contributed by atoms with Crippen LogP contribution in [0.2, 0.25) is 0 Å². The number of rotatable bonds is 8. The molecule has 4 rings (SSSR count). The number of hydrogen-bond acceptors (Lipinski definition) is 5. The Hall–Kier alpha value is -2.86. The normalized spacial score (nSPS) is 21.5. The Morgan fingerprint density at radius 2 is 1.74 bits per heavy atom. The van der Waals surface area contributed by atoms with Gasteiger partial charge in [0.15, 0.2) is 11.5 Å². The van der Waals surface area contributed by atoms with Gasteiger partial charge in [0.1, 0.15) is 5.82 Å². The highest BCUT2D eigenvalue weighted by atomic mass is 19.1. The molecule has 1 atom stereocenters. The highest BCUT2D eigenvalue weighted by Crippen LogP contribution is 2.26. The summed E-state index contributed by atoms with van der Waals surface area (Å²) in [5.74, 6) is 0.457. The lowest BCUT2D eigenvalue weighted by Crippen LogP contribution is -2.46. The standard InChI is InChI=1S/C25H31FN4O/c1-25(21-9-11-22(26)12-10-21)27-14-13-24(28-25)31-20-6-5-15-29-16-18-30(19-17-29)23-7-3-2-4-8-23/h2-4,7-14,28H,5-6,15-20H2,1H3. The van der Waals surface area contributed by atoms with E-state index in [4.69, 9.17) is 4.74 Å². The number of halogens is 1. The number of piperazine rings is 1. The molecule has 6 heteroatoms. The van der Waals surface area contributed by atoms with Gasteiger partial charge in [-0.1, -0.05) is 30.3 Å². The lowest BCUT2D eigenvalue weighted by atomic mass is 10.0. The van der Waals surface area contributed by atoms with Crippen LogP contribution in [0, 0.1) is 5.82 Å². The molecular weight excluding hydrogens is 391 g/mol. The summed E-state index contributed by atoms with van der Waals surface area (Å²) in [6, 6.07) is 17.1. The monoisotopic (exact) mass is 422 g/mol.